The molecule has 0 saturated carbocycles. The largest absolute Gasteiger partial charge is 0.342 e. The highest BCUT2D eigenvalue weighted by molar-refractivity contribution is 5.98. The van der Waals surface area contributed by atoms with Crippen molar-refractivity contribution in [3.8, 4) is 0 Å². The van der Waals surface area contributed by atoms with E-state index in [2.05, 4.69) is 25.8 Å². The summed E-state index contributed by atoms with van der Waals surface area (Å²) in [4.78, 5) is 31.7. The van der Waals surface area contributed by atoms with E-state index in [0.717, 1.165) is 30.6 Å². The van der Waals surface area contributed by atoms with Crippen LogP contribution in [-0.2, 0) is 16.6 Å². The Balaban J connectivity index is 1.59. The van der Waals surface area contributed by atoms with Gasteiger partial charge in [-0.2, -0.15) is 0 Å². The molecule has 2 heterocycles. The minimum absolute atomic E-state index is 0.0727. The van der Waals surface area contributed by atoms with E-state index < -0.39 is 0 Å². The molecule has 3 rings (SSSR count). The third kappa shape index (κ3) is 5.06. The fraction of sp³-hybridized carbons (Fsp3) is 0.458. The van der Waals surface area contributed by atoms with E-state index in [0.29, 0.717) is 19.4 Å². The second-order valence-electron chi connectivity index (χ2n) is 8.69. The van der Waals surface area contributed by atoms with Crippen molar-refractivity contribution in [2.45, 2.75) is 51.9 Å². The maximum atomic E-state index is 13.0. The van der Waals surface area contributed by atoms with Crippen LogP contribution in [0.25, 0.3) is 0 Å². The van der Waals surface area contributed by atoms with Crippen molar-refractivity contribution in [2.75, 3.05) is 13.1 Å². The zero-order valence-electron chi connectivity index (χ0n) is 17.1. The number of hydrogen-bond donors (Lipinski definition) is 0. The van der Waals surface area contributed by atoms with E-state index in [1.807, 2.05) is 47.4 Å². The number of carbonyl (C=O) groups excluding carboxylic acids is 2. The molecule has 1 amide bonds. The van der Waals surface area contributed by atoms with Crippen LogP contribution < -0.4 is 0 Å². The van der Waals surface area contributed by atoms with Gasteiger partial charge in [0.2, 0.25) is 5.91 Å². The second kappa shape index (κ2) is 8.68. The Hall–Kier alpha value is -2.49. The molecule has 1 fully saturated rings. The van der Waals surface area contributed by atoms with Crippen molar-refractivity contribution < 1.29 is 9.59 Å². The summed E-state index contributed by atoms with van der Waals surface area (Å²) < 4.78 is 0. The molecule has 2 aromatic rings. The molecule has 148 valence electrons. The number of ketones is 1. The Labute approximate surface area is 168 Å². The van der Waals surface area contributed by atoms with Crippen molar-refractivity contribution in [2.24, 2.45) is 5.92 Å². The normalized spacial score (nSPS) is 17.4. The van der Waals surface area contributed by atoms with Crippen LogP contribution in [-0.4, -0.2) is 34.7 Å². The summed E-state index contributed by atoms with van der Waals surface area (Å²) in [7, 11) is 0. The average Bonchev–Trinajstić information content (AvgIpc) is 2.72. The fourth-order valence-electron chi connectivity index (χ4n) is 3.73. The van der Waals surface area contributed by atoms with E-state index in [9.17, 15) is 9.59 Å². The predicted molar refractivity (Wildman–Crippen MR) is 111 cm³/mol. The van der Waals surface area contributed by atoms with E-state index in [1.54, 1.807) is 6.20 Å². The van der Waals surface area contributed by atoms with Crippen LogP contribution in [0.1, 0.15) is 61.6 Å². The van der Waals surface area contributed by atoms with Gasteiger partial charge >= 0.3 is 0 Å². The van der Waals surface area contributed by atoms with Gasteiger partial charge in [-0.25, -0.2) is 0 Å². The number of amides is 1. The van der Waals surface area contributed by atoms with Crippen LogP contribution in [0.4, 0.5) is 0 Å². The molecule has 0 unspecified atom stereocenters. The Morgan fingerprint density at radius 2 is 1.86 bits per heavy atom. The van der Waals surface area contributed by atoms with Gasteiger partial charge in [-0.3, -0.25) is 14.6 Å². The van der Waals surface area contributed by atoms with Crippen molar-refractivity contribution in [1.82, 2.24) is 9.88 Å². The summed E-state index contributed by atoms with van der Waals surface area (Å²) in [5.74, 6) is 0.168. The van der Waals surface area contributed by atoms with Gasteiger partial charge in [-0.15, -0.1) is 0 Å². The molecule has 1 aliphatic rings. The summed E-state index contributed by atoms with van der Waals surface area (Å²) >= 11 is 0. The lowest BCUT2D eigenvalue weighted by Gasteiger charge is -2.32. The molecule has 0 N–H and O–H groups in total. The SMILES string of the molecule is CC(C)(C)c1ccc(C(=O)[C@@H]2CCCN(C(=O)CCc3ccccn3)C2)cc1. The van der Waals surface area contributed by atoms with Crippen LogP contribution in [0, 0.1) is 5.92 Å². The first-order valence-corrected chi connectivity index (χ1v) is 10.2. The highest BCUT2D eigenvalue weighted by Gasteiger charge is 2.29. The van der Waals surface area contributed by atoms with Crippen molar-refractivity contribution in [3.63, 3.8) is 0 Å². The van der Waals surface area contributed by atoms with Crippen LogP contribution in [0.2, 0.25) is 0 Å². The lowest BCUT2D eigenvalue weighted by Crippen LogP contribution is -2.42. The molecule has 1 saturated heterocycles. The molecule has 0 bridgehead atoms. The van der Waals surface area contributed by atoms with Gasteiger partial charge in [0.1, 0.15) is 0 Å². The number of pyridine rings is 1. The first-order chi connectivity index (χ1) is 13.3. The molecule has 0 aliphatic carbocycles. The molecule has 1 aromatic carbocycles. The number of piperidine rings is 1. The molecule has 0 spiro atoms. The molecule has 1 atom stereocenters. The first-order valence-electron chi connectivity index (χ1n) is 10.2. The van der Waals surface area contributed by atoms with Crippen LogP contribution in [0.15, 0.2) is 48.7 Å². The number of benzene rings is 1. The quantitative estimate of drug-likeness (QED) is 0.723. The lowest BCUT2D eigenvalue weighted by molar-refractivity contribution is -0.132. The molecule has 4 heteroatoms. The van der Waals surface area contributed by atoms with Gasteiger partial charge in [-0.05, 0) is 42.4 Å². The second-order valence-corrected chi connectivity index (χ2v) is 8.69. The number of hydrogen-bond acceptors (Lipinski definition) is 3. The summed E-state index contributed by atoms with van der Waals surface area (Å²) in [6, 6.07) is 13.7. The van der Waals surface area contributed by atoms with Crippen molar-refractivity contribution >= 4 is 11.7 Å². The Bertz CT molecular complexity index is 807. The Morgan fingerprint density at radius 3 is 2.50 bits per heavy atom. The lowest BCUT2D eigenvalue weighted by atomic mass is 9.85. The molecule has 4 nitrogen and oxygen atoms in total. The minimum atomic E-state index is -0.104. The summed E-state index contributed by atoms with van der Waals surface area (Å²) in [5, 5.41) is 0. The van der Waals surface area contributed by atoms with Gasteiger partial charge in [0.15, 0.2) is 5.78 Å². The number of carbonyl (C=O) groups is 2. The highest BCUT2D eigenvalue weighted by atomic mass is 16.2. The highest BCUT2D eigenvalue weighted by Crippen LogP contribution is 2.25. The molecular weight excluding hydrogens is 348 g/mol. The third-order valence-corrected chi connectivity index (χ3v) is 5.50. The zero-order chi connectivity index (χ0) is 20.1. The van der Waals surface area contributed by atoms with Gasteiger partial charge < -0.3 is 4.90 Å². The maximum Gasteiger partial charge on any atom is 0.222 e. The van der Waals surface area contributed by atoms with E-state index in [4.69, 9.17) is 0 Å². The molecular formula is C24H30N2O2. The number of nitrogens with zero attached hydrogens (tertiary/aromatic N) is 2. The standard InChI is InChI=1S/C24H30N2O2/c1-24(2,3)20-11-9-18(10-12-20)23(28)19-7-6-16-26(17-19)22(27)14-13-21-8-4-5-15-25-21/h4-5,8-12,15,19H,6-7,13-14,16-17H2,1-3H3/t19-/m1/s1. The summed E-state index contributed by atoms with van der Waals surface area (Å²) in [6.45, 7) is 7.77. The van der Waals surface area contributed by atoms with Gasteiger partial charge in [0.25, 0.3) is 0 Å². The number of rotatable bonds is 5. The third-order valence-electron chi connectivity index (χ3n) is 5.50. The van der Waals surface area contributed by atoms with Crippen LogP contribution >= 0.6 is 0 Å². The average molecular weight is 379 g/mol. The summed E-state index contributed by atoms with van der Waals surface area (Å²) in [6.07, 6.45) is 4.57. The summed E-state index contributed by atoms with van der Waals surface area (Å²) in [5.41, 5.74) is 2.97. The Kier molecular flexibility index (Phi) is 6.28. The fourth-order valence-corrected chi connectivity index (χ4v) is 3.73. The number of likely N-dealkylation sites (tertiary alicyclic amines) is 1. The van der Waals surface area contributed by atoms with E-state index >= 15 is 0 Å². The van der Waals surface area contributed by atoms with Gasteiger partial charge in [-0.1, -0.05) is 51.1 Å². The molecule has 1 aromatic heterocycles. The smallest absolute Gasteiger partial charge is 0.222 e. The predicted octanol–water partition coefficient (Wildman–Crippen LogP) is 4.43. The van der Waals surface area contributed by atoms with E-state index in [-0.39, 0.29) is 23.0 Å². The topological polar surface area (TPSA) is 50.3 Å². The van der Waals surface area contributed by atoms with Gasteiger partial charge in [0, 0.05) is 42.9 Å². The molecule has 1 aliphatic heterocycles. The van der Waals surface area contributed by atoms with Crippen LogP contribution in [0.3, 0.4) is 0 Å². The van der Waals surface area contributed by atoms with Crippen molar-refractivity contribution in [3.05, 3.63) is 65.5 Å². The number of Topliss-reactive ketones (excluding diaryl/α,β-unsaturated/α-hetero) is 1. The minimum Gasteiger partial charge on any atom is -0.342 e. The number of aromatic nitrogens is 1. The Morgan fingerprint density at radius 1 is 1.11 bits per heavy atom. The molecule has 28 heavy (non-hydrogen) atoms. The monoisotopic (exact) mass is 378 g/mol. The van der Waals surface area contributed by atoms with Gasteiger partial charge in [0.05, 0.1) is 0 Å². The first kappa shape index (κ1) is 20.2. The number of aryl methyl sites for hydroxylation is 1. The zero-order valence-corrected chi connectivity index (χ0v) is 17.1. The maximum absolute atomic E-state index is 13.0. The van der Waals surface area contributed by atoms with E-state index in [1.165, 1.54) is 5.56 Å². The van der Waals surface area contributed by atoms with Crippen molar-refractivity contribution in [1.29, 1.82) is 0 Å². The molecule has 0 radical (unpaired) electrons. The van der Waals surface area contributed by atoms with Crippen LogP contribution in [0.5, 0.6) is 0 Å².